The Hall–Kier alpha value is -2.67. The fourth-order valence-electron chi connectivity index (χ4n) is 1.94. The standard InChI is InChI=1S/C15H17N3O4/c1-10(19)13(15(21)22-2)17-14(20)11-5-3-6-12(9-11)18-8-4-7-16-18/h3-10,13,19H,1-2H3,(H,17,20)/t10-,13-/m0/s1. The van der Waals surface area contributed by atoms with Crippen LogP contribution in [-0.4, -0.2) is 46.0 Å². The molecule has 0 unspecified atom stereocenters. The first-order valence-corrected chi connectivity index (χ1v) is 6.69. The summed E-state index contributed by atoms with van der Waals surface area (Å²) in [6.07, 6.45) is 2.32. The van der Waals surface area contributed by atoms with Crippen molar-refractivity contribution in [3.63, 3.8) is 0 Å². The average Bonchev–Trinajstić information content (AvgIpc) is 3.06. The van der Waals surface area contributed by atoms with Gasteiger partial charge in [-0.15, -0.1) is 0 Å². The Morgan fingerprint density at radius 2 is 2.14 bits per heavy atom. The molecule has 0 saturated heterocycles. The number of aliphatic hydroxyl groups is 1. The fraction of sp³-hybridized carbons (Fsp3) is 0.267. The maximum atomic E-state index is 12.2. The van der Waals surface area contributed by atoms with Crippen LogP contribution in [0.25, 0.3) is 5.69 Å². The summed E-state index contributed by atoms with van der Waals surface area (Å²) in [5.41, 5.74) is 1.06. The van der Waals surface area contributed by atoms with Gasteiger partial charge in [0.1, 0.15) is 0 Å². The molecule has 0 spiro atoms. The number of carbonyl (C=O) groups excluding carboxylic acids is 2. The van der Waals surface area contributed by atoms with Crippen LogP contribution in [0.4, 0.5) is 0 Å². The molecule has 0 aliphatic carbocycles. The van der Waals surface area contributed by atoms with Crippen LogP contribution in [0.1, 0.15) is 17.3 Å². The number of nitrogens with one attached hydrogen (secondary N) is 1. The monoisotopic (exact) mass is 303 g/mol. The number of rotatable bonds is 5. The molecule has 2 aromatic rings. The first-order chi connectivity index (χ1) is 10.5. The van der Waals surface area contributed by atoms with Crippen LogP contribution in [0.3, 0.4) is 0 Å². The van der Waals surface area contributed by atoms with Crippen LogP contribution in [0.2, 0.25) is 0 Å². The third-order valence-corrected chi connectivity index (χ3v) is 3.10. The van der Waals surface area contributed by atoms with Gasteiger partial charge in [-0.1, -0.05) is 6.07 Å². The van der Waals surface area contributed by atoms with Gasteiger partial charge in [-0.05, 0) is 31.2 Å². The molecule has 2 N–H and O–H groups in total. The van der Waals surface area contributed by atoms with Gasteiger partial charge in [0.15, 0.2) is 6.04 Å². The van der Waals surface area contributed by atoms with Crippen molar-refractivity contribution in [1.29, 1.82) is 0 Å². The second kappa shape index (κ2) is 6.86. The predicted octanol–water partition coefficient (Wildman–Crippen LogP) is 0.524. The molecule has 0 radical (unpaired) electrons. The van der Waals surface area contributed by atoms with Crippen molar-refractivity contribution in [3.05, 3.63) is 48.3 Å². The second-order valence-electron chi connectivity index (χ2n) is 4.72. The minimum atomic E-state index is -1.12. The average molecular weight is 303 g/mol. The highest BCUT2D eigenvalue weighted by Crippen LogP contribution is 2.10. The number of carbonyl (C=O) groups is 2. The molecule has 2 rings (SSSR count). The Morgan fingerprint density at radius 3 is 2.73 bits per heavy atom. The zero-order valence-electron chi connectivity index (χ0n) is 12.3. The number of hydrogen-bond acceptors (Lipinski definition) is 5. The van der Waals surface area contributed by atoms with Gasteiger partial charge in [0.2, 0.25) is 0 Å². The lowest BCUT2D eigenvalue weighted by atomic mass is 10.1. The smallest absolute Gasteiger partial charge is 0.331 e. The molecule has 1 heterocycles. The van der Waals surface area contributed by atoms with E-state index in [9.17, 15) is 14.7 Å². The molecule has 1 aromatic heterocycles. The normalized spacial score (nSPS) is 13.2. The van der Waals surface area contributed by atoms with Gasteiger partial charge < -0.3 is 15.2 Å². The SMILES string of the molecule is COC(=O)[C@@H](NC(=O)c1cccc(-n2cccn2)c1)[C@H](C)O. The van der Waals surface area contributed by atoms with E-state index >= 15 is 0 Å². The Morgan fingerprint density at radius 1 is 1.36 bits per heavy atom. The highest BCUT2D eigenvalue weighted by atomic mass is 16.5. The quantitative estimate of drug-likeness (QED) is 0.786. The van der Waals surface area contributed by atoms with E-state index in [-0.39, 0.29) is 0 Å². The van der Waals surface area contributed by atoms with Crippen LogP contribution in [0.5, 0.6) is 0 Å². The molecule has 2 atom stereocenters. The van der Waals surface area contributed by atoms with Gasteiger partial charge in [0, 0.05) is 18.0 Å². The molecule has 1 amide bonds. The van der Waals surface area contributed by atoms with Gasteiger partial charge in [-0.25, -0.2) is 9.48 Å². The molecule has 0 fully saturated rings. The number of ether oxygens (including phenoxy) is 1. The number of amides is 1. The van der Waals surface area contributed by atoms with E-state index < -0.39 is 24.0 Å². The molecule has 0 aliphatic rings. The van der Waals surface area contributed by atoms with Crippen LogP contribution in [0, 0.1) is 0 Å². The zero-order valence-corrected chi connectivity index (χ0v) is 12.3. The number of aromatic nitrogens is 2. The minimum Gasteiger partial charge on any atom is -0.467 e. The first kappa shape index (κ1) is 15.7. The zero-order chi connectivity index (χ0) is 16.1. The van der Waals surface area contributed by atoms with Crippen molar-refractivity contribution in [2.45, 2.75) is 19.1 Å². The van der Waals surface area contributed by atoms with Crippen molar-refractivity contribution in [1.82, 2.24) is 15.1 Å². The van der Waals surface area contributed by atoms with E-state index in [0.717, 1.165) is 0 Å². The minimum absolute atomic E-state index is 0.350. The second-order valence-corrected chi connectivity index (χ2v) is 4.72. The van der Waals surface area contributed by atoms with Crippen molar-refractivity contribution in [3.8, 4) is 5.69 Å². The molecule has 0 saturated carbocycles. The van der Waals surface area contributed by atoms with Crippen LogP contribution < -0.4 is 5.32 Å². The van der Waals surface area contributed by atoms with Gasteiger partial charge in [-0.3, -0.25) is 4.79 Å². The van der Waals surface area contributed by atoms with E-state index in [4.69, 9.17) is 0 Å². The molecule has 0 aliphatic heterocycles. The molecule has 1 aromatic carbocycles. The summed E-state index contributed by atoms with van der Waals surface area (Å²) < 4.78 is 6.18. The molecule has 116 valence electrons. The van der Waals surface area contributed by atoms with Crippen molar-refractivity contribution < 1.29 is 19.4 Å². The van der Waals surface area contributed by atoms with Crippen molar-refractivity contribution >= 4 is 11.9 Å². The predicted molar refractivity (Wildman–Crippen MR) is 78.5 cm³/mol. The Balaban J connectivity index is 2.19. The van der Waals surface area contributed by atoms with Crippen LogP contribution >= 0.6 is 0 Å². The van der Waals surface area contributed by atoms with Gasteiger partial charge in [0.25, 0.3) is 5.91 Å². The number of esters is 1. The highest BCUT2D eigenvalue weighted by Gasteiger charge is 2.26. The van der Waals surface area contributed by atoms with Gasteiger partial charge in [-0.2, -0.15) is 5.10 Å². The maximum Gasteiger partial charge on any atom is 0.331 e. The summed E-state index contributed by atoms with van der Waals surface area (Å²) in [6, 6.07) is 7.41. The maximum absolute atomic E-state index is 12.2. The van der Waals surface area contributed by atoms with E-state index in [1.54, 1.807) is 47.4 Å². The topological polar surface area (TPSA) is 93.5 Å². The Labute approximate surface area is 127 Å². The summed E-state index contributed by atoms with van der Waals surface area (Å²) in [6.45, 7) is 1.40. The van der Waals surface area contributed by atoms with E-state index in [1.165, 1.54) is 14.0 Å². The van der Waals surface area contributed by atoms with E-state index in [0.29, 0.717) is 11.3 Å². The number of benzene rings is 1. The third-order valence-electron chi connectivity index (χ3n) is 3.10. The largest absolute Gasteiger partial charge is 0.467 e. The Bertz CT molecular complexity index is 653. The first-order valence-electron chi connectivity index (χ1n) is 6.69. The van der Waals surface area contributed by atoms with Crippen LogP contribution in [0.15, 0.2) is 42.7 Å². The number of methoxy groups -OCH3 is 1. The number of nitrogens with zero attached hydrogens (tertiary/aromatic N) is 2. The Kier molecular flexibility index (Phi) is 4.90. The van der Waals surface area contributed by atoms with E-state index in [2.05, 4.69) is 15.2 Å². The van der Waals surface area contributed by atoms with Crippen LogP contribution in [-0.2, 0) is 9.53 Å². The number of hydrogen-bond donors (Lipinski definition) is 2. The summed E-state index contributed by atoms with van der Waals surface area (Å²) in [5, 5.41) is 16.1. The summed E-state index contributed by atoms with van der Waals surface area (Å²) in [4.78, 5) is 23.8. The lowest BCUT2D eigenvalue weighted by Gasteiger charge is -2.19. The molecule has 22 heavy (non-hydrogen) atoms. The molecular weight excluding hydrogens is 286 g/mol. The third kappa shape index (κ3) is 3.50. The highest BCUT2D eigenvalue weighted by molar-refractivity contribution is 5.97. The van der Waals surface area contributed by atoms with Gasteiger partial charge >= 0.3 is 5.97 Å². The summed E-state index contributed by atoms with van der Waals surface area (Å²) >= 11 is 0. The van der Waals surface area contributed by atoms with Crippen molar-refractivity contribution in [2.75, 3.05) is 7.11 Å². The van der Waals surface area contributed by atoms with Gasteiger partial charge in [0.05, 0.1) is 18.9 Å². The molecular formula is C15H17N3O4. The summed E-state index contributed by atoms with van der Waals surface area (Å²) in [5.74, 6) is -1.18. The van der Waals surface area contributed by atoms with Crippen molar-refractivity contribution in [2.24, 2.45) is 0 Å². The lowest BCUT2D eigenvalue weighted by Crippen LogP contribution is -2.48. The number of aliphatic hydroxyl groups excluding tert-OH is 1. The lowest BCUT2D eigenvalue weighted by molar-refractivity contribution is -0.145. The fourth-order valence-corrected chi connectivity index (χ4v) is 1.94. The molecule has 0 bridgehead atoms. The van der Waals surface area contributed by atoms with E-state index in [1.807, 2.05) is 0 Å². The summed E-state index contributed by atoms with van der Waals surface area (Å²) in [7, 11) is 1.20. The molecule has 7 nitrogen and oxygen atoms in total. The molecule has 7 heteroatoms.